The lowest BCUT2D eigenvalue weighted by atomic mass is 9.79. The van der Waals surface area contributed by atoms with E-state index in [1.165, 1.54) is 11.3 Å². The number of nitrogens with one attached hydrogen (secondary N) is 1. The fourth-order valence-electron chi connectivity index (χ4n) is 5.14. The number of amides is 1. The molecule has 0 saturated heterocycles. The number of alkyl halides is 3. The summed E-state index contributed by atoms with van der Waals surface area (Å²) in [5.41, 5.74) is 2.12. The van der Waals surface area contributed by atoms with Gasteiger partial charge in [-0.05, 0) is 65.9 Å². The minimum Gasteiger partial charge on any atom is -0.445 e. The number of ether oxygens (including phenoxy) is 1. The summed E-state index contributed by atoms with van der Waals surface area (Å²) >= 11 is 31.6. The van der Waals surface area contributed by atoms with Crippen molar-refractivity contribution in [3.05, 3.63) is 120 Å². The Bertz CT molecular complexity index is 1850. The van der Waals surface area contributed by atoms with Crippen LogP contribution in [0.1, 0.15) is 27.3 Å². The second-order valence-corrected chi connectivity index (χ2v) is 14.7. The zero-order valence-corrected chi connectivity index (χ0v) is 27.5. The quantitative estimate of drug-likeness (QED) is 0.168. The van der Waals surface area contributed by atoms with E-state index in [1.54, 1.807) is 46.9 Å². The van der Waals surface area contributed by atoms with Crippen molar-refractivity contribution in [2.75, 3.05) is 6.61 Å². The highest BCUT2D eigenvalue weighted by Crippen LogP contribution is 2.39. The molecule has 0 bridgehead atoms. The third-order valence-corrected chi connectivity index (χ3v) is 9.04. The van der Waals surface area contributed by atoms with Crippen LogP contribution < -0.4 is 10.9 Å². The first-order valence-corrected chi connectivity index (χ1v) is 15.7. The maximum Gasteiger partial charge on any atom is 0.408 e. The normalized spacial score (nSPS) is 13.2. The van der Waals surface area contributed by atoms with Crippen LogP contribution in [-0.4, -0.2) is 30.6 Å². The molecule has 1 atom stereocenters. The van der Waals surface area contributed by atoms with Gasteiger partial charge in [0, 0.05) is 35.4 Å². The number of alkyl carbamates (subject to hydrolysis) is 1. The standard InChI is InChI=1S/C30H25Cl5N4O3S/c1-38-17-36-15-25(38)30(19-4-7-21(31)8-5-19,37-28(41)42-16-29(33,34)35)20-6-11-24-23(14-20)18(13-27(40)39(24)2)3-9-22-10-12-26(32)43-22/h4-8,10-15,17H,3,9,16H2,1-2H3,(H,37,41). The molecule has 0 saturated carbocycles. The predicted octanol–water partition coefficient (Wildman–Crippen LogP) is 7.81. The van der Waals surface area contributed by atoms with Crippen molar-refractivity contribution in [1.29, 1.82) is 0 Å². The molecule has 3 aromatic heterocycles. The largest absolute Gasteiger partial charge is 0.445 e. The molecule has 0 spiro atoms. The Morgan fingerprint density at radius 1 is 0.977 bits per heavy atom. The van der Waals surface area contributed by atoms with Gasteiger partial charge in [-0.3, -0.25) is 4.79 Å². The molecule has 0 radical (unpaired) electrons. The second-order valence-electron chi connectivity index (χ2n) is 9.97. The summed E-state index contributed by atoms with van der Waals surface area (Å²) < 4.78 is 7.65. The molecule has 0 aliphatic carbocycles. The van der Waals surface area contributed by atoms with E-state index in [-0.39, 0.29) is 5.56 Å². The van der Waals surface area contributed by atoms with E-state index in [4.69, 9.17) is 62.7 Å². The molecular weight excluding hydrogens is 674 g/mol. The number of carbonyl (C=O) groups is 1. The Morgan fingerprint density at radius 3 is 2.33 bits per heavy atom. The summed E-state index contributed by atoms with van der Waals surface area (Å²) in [6.45, 7) is -0.470. The molecule has 7 nitrogen and oxygen atoms in total. The molecular formula is C30H25Cl5N4O3S. The smallest absolute Gasteiger partial charge is 0.408 e. The highest BCUT2D eigenvalue weighted by molar-refractivity contribution is 7.16. The molecule has 0 fully saturated rings. The molecule has 0 aliphatic heterocycles. The van der Waals surface area contributed by atoms with Crippen LogP contribution in [0.2, 0.25) is 9.36 Å². The number of hydrogen-bond acceptors (Lipinski definition) is 5. The lowest BCUT2D eigenvalue weighted by Gasteiger charge is -2.36. The molecule has 1 unspecified atom stereocenters. The molecule has 2 aromatic carbocycles. The molecule has 1 N–H and O–H groups in total. The minimum atomic E-state index is -1.80. The number of fused-ring (bicyclic) bond motifs is 1. The van der Waals surface area contributed by atoms with E-state index in [2.05, 4.69) is 10.3 Å². The first-order chi connectivity index (χ1) is 20.4. The van der Waals surface area contributed by atoms with Gasteiger partial charge in [-0.1, -0.05) is 76.2 Å². The van der Waals surface area contributed by atoms with E-state index >= 15 is 0 Å². The number of imidazole rings is 1. The predicted molar refractivity (Wildman–Crippen MR) is 175 cm³/mol. The van der Waals surface area contributed by atoms with Crippen LogP contribution in [0.15, 0.2) is 78.0 Å². The van der Waals surface area contributed by atoms with Gasteiger partial charge in [0.25, 0.3) is 5.56 Å². The number of hydrogen-bond donors (Lipinski definition) is 1. The number of aryl methyl sites for hydroxylation is 4. The van der Waals surface area contributed by atoms with Crippen LogP contribution in [0.4, 0.5) is 4.79 Å². The first kappa shape index (κ1) is 31.7. The highest BCUT2D eigenvalue weighted by Gasteiger charge is 2.42. The lowest BCUT2D eigenvalue weighted by molar-refractivity contribution is 0.140. The molecule has 13 heteroatoms. The Balaban J connectivity index is 1.73. The highest BCUT2D eigenvalue weighted by atomic mass is 35.6. The van der Waals surface area contributed by atoms with Crippen molar-refractivity contribution in [1.82, 2.24) is 19.4 Å². The number of pyridine rings is 1. The molecule has 3 heterocycles. The summed E-state index contributed by atoms with van der Waals surface area (Å²) in [4.78, 5) is 31.8. The number of aromatic nitrogens is 3. The van der Waals surface area contributed by atoms with Gasteiger partial charge in [-0.15, -0.1) is 11.3 Å². The van der Waals surface area contributed by atoms with E-state index in [0.29, 0.717) is 39.0 Å². The van der Waals surface area contributed by atoms with Gasteiger partial charge in [0.1, 0.15) is 12.1 Å². The average Bonchev–Trinajstić information content (AvgIpc) is 3.59. The molecule has 1 amide bonds. The van der Waals surface area contributed by atoms with Crippen LogP contribution in [0.3, 0.4) is 0 Å². The molecule has 224 valence electrons. The van der Waals surface area contributed by atoms with Crippen LogP contribution >= 0.6 is 69.3 Å². The summed E-state index contributed by atoms with van der Waals surface area (Å²) in [6, 6.07) is 18.3. The minimum absolute atomic E-state index is 0.122. The number of thiophene rings is 1. The Hall–Kier alpha value is -2.72. The fourth-order valence-corrected chi connectivity index (χ4v) is 6.51. The Morgan fingerprint density at radius 2 is 1.70 bits per heavy atom. The SMILES string of the molecule is Cn1cncc1C(NC(=O)OCC(Cl)(Cl)Cl)(c1ccc(Cl)cc1)c1ccc2c(c1)c(CCc1ccc(Cl)s1)cc(=O)n2C. The summed E-state index contributed by atoms with van der Waals surface area (Å²) in [5, 5.41) is 4.41. The van der Waals surface area contributed by atoms with Crippen molar-refractivity contribution in [3.63, 3.8) is 0 Å². The van der Waals surface area contributed by atoms with Crippen LogP contribution in [-0.2, 0) is 37.2 Å². The number of rotatable bonds is 8. The van der Waals surface area contributed by atoms with Gasteiger partial charge in [-0.25, -0.2) is 9.78 Å². The third-order valence-electron chi connectivity index (χ3n) is 7.17. The topological polar surface area (TPSA) is 78.2 Å². The van der Waals surface area contributed by atoms with Crippen molar-refractivity contribution >= 4 is 86.3 Å². The molecule has 43 heavy (non-hydrogen) atoms. The average molecular weight is 699 g/mol. The van der Waals surface area contributed by atoms with Crippen molar-refractivity contribution in [2.24, 2.45) is 14.1 Å². The van der Waals surface area contributed by atoms with Crippen LogP contribution in [0, 0.1) is 0 Å². The summed E-state index contributed by atoms with van der Waals surface area (Å²) in [6.07, 6.45) is 3.78. The van der Waals surface area contributed by atoms with Crippen molar-refractivity contribution in [2.45, 2.75) is 22.2 Å². The van der Waals surface area contributed by atoms with Gasteiger partial charge in [0.15, 0.2) is 0 Å². The van der Waals surface area contributed by atoms with Crippen molar-refractivity contribution < 1.29 is 9.53 Å². The van der Waals surface area contributed by atoms with Gasteiger partial charge in [0.2, 0.25) is 3.79 Å². The molecule has 5 aromatic rings. The van der Waals surface area contributed by atoms with Crippen molar-refractivity contribution in [3.8, 4) is 0 Å². The van der Waals surface area contributed by atoms with Gasteiger partial charge in [-0.2, -0.15) is 0 Å². The van der Waals surface area contributed by atoms with E-state index in [9.17, 15) is 9.59 Å². The molecule has 0 aliphatic rings. The van der Waals surface area contributed by atoms with Gasteiger partial charge >= 0.3 is 6.09 Å². The zero-order chi connectivity index (χ0) is 30.9. The van der Waals surface area contributed by atoms with Crippen LogP contribution in [0.5, 0.6) is 0 Å². The van der Waals surface area contributed by atoms with Crippen LogP contribution in [0.25, 0.3) is 10.9 Å². The second kappa shape index (κ2) is 12.7. The van der Waals surface area contributed by atoms with E-state index < -0.39 is 22.0 Å². The number of carbonyl (C=O) groups excluding carboxylic acids is 1. The number of halogens is 5. The van der Waals surface area contributed by atoms with E-state index in [0.717, 1.165) is 21.3 Å². The van der Waals surface area contributed by atoms with Gasteiger partial charge < -0.3 is 19.2 Å². The third kappa shape index (κ3) is 6.85. The maximum absolute atomic E-state index is 13.4. The summed E-state index contributed by atoms with van der Waals surface area (Å²) in [7, 11) is 3.55. The van der Waals surface area contributed by atoms with Gasteiger partial charge in [0.05, 0.1) is 28.1 Å². The first-order valence-electron chi connectivity index (χ1n) is 13.0. The number of benzene rings is 2. The fraction of sp³-hybridized carbons (Fsp3) is 0.233. The lowest BCUT2D eigenvalue weighted by Crippen LogP contribution is -2.49. The Labute approximate surface area is 276 Å². The zero-order valence-electron chi connectivity index (χ0n) is 22.9. The monoisotopic (exact) mass is 696 g/mol. The maximum atomic E-state index is 13.4. The van der Waals surface area contributed by atoms with E-state index in [1.807, 2.05) is 49.5 Å². The molecule has 5 rings (SSSR count). The Kier molecular flexibility index (Phi) is 9.37. The number of nitrogens with zero attached hydrogens (tertiary/aromatic N) is 3. The summed E-state index contributed by atoms with van der Waals surface area (Å²) in [5.74, 6) is 0.